The molecule has 0 aromatic heterocycles. The number of phenols is 1. The number of aromatic hydroxyl groups is 1. The standard InChI is InChI=1S/C30H36O4/c1-15(2)20-9-8-18(6)26-21(20)12-19(7)24-13-29(32)27-22(10-17(5)11-25(27)31)23(16(3)4)14-30(29,33)34-28(24)26/h8-12,15-16,23,31-33H,13-14H2,1-7H3/t23-,29-,30-/m0/s1. The summed E-state index contributed by atoms with van der Waals surface area (Å²) in [5.74, 6) is -0.686. The van der Waals surface area contributed by atoms with Crippen LogP contribution in [0.5, 0.6) is 11.5 Å². The molecule has 1 heterocycles. The van der Waals surface area contributed by atoms with Gasteiger partial charge >= 0.3 is 0 Å². The molecule has 3 aromatic rings. The zero-order valence-corrected chi connectivity index (χ0v) is 21.3. The molecule has 1 aliphatic heterocycles. The highest BCUT2D eigenvalue weighted by Crippen LogP contribution is 2.59. The number of benzene rings is 3. The molecule has 1 aliphatic carbocycles. The third kappa shape index (κ3) is 3.04. The fraction of sp³-hybridized carbons (Fsp3) is 0.467. The van der Waals surface area contributed by atoms with Crippen molar-refractivity contribution in [3.63, 3.8) is 0 Å². The van der Waals surface area contributed by atoms with Gasteiger partial charge in [-0.25, -0.2) is 0 Å². The van der Waals surface area contributed by atoms with Gasteiger partial charge in [0.15, 0.2) is 5.60 Å². The topological polar surface area (TPSA) is 69.9 Å². The molecule has 180 valence electrons. The Hall–Kier alpha value is -2.56. The van der Waals surface area contributed by atoms with E-state index in [-0.39, 0.29) is 30.4 Å². The summed E-state index contributed by atoms with van der Waals surface area (Å²) in [6.45, 7) is 14.6. The zero-order chi connectivity index (χ0) is 24.7. The van der Waals surface area contributed by atoms with Gasteiger partial charge in [0.2, 0.25) is 5.79 Å². The van der Waals surface area contributed by atoms with Crippen molar-refractivity contribution < 1.29 is 20.1 Å². The van der Waals surface area contributed by atoms with Crippen LogP contribution in [0.1, 0.15) is 84.9 Å². The van der Waals surface area contributed by atoms with E-state index < -0.39 is 11.4 Å². The van der Waals surface area contributed by atoms with Gasteiger partial charge in [-0.2, -0.15) is 0 Å². The van der Waals surface area contributed by atoms with Crippen molar-refractivity contribution in [3.8, 4) is 11.5 Å². The highest BCUT2D eigenvalue weighted by Gasteiger charge is 2.62. The Morgan fingerprint density at radius 3 is 2.32 bits per heavy atom. The molecule has 2 aliphatic rings. The number of phenolic OH excluding ortho intramolecular Hbond substituents is 1. The van der Waals surface area contributed by atoms with Gasteiger partial charge in [-0.3, -0.25) is 0 Å². The minimum atomic E-state index is -1.85. The summed E-state index contributed by atoms with van der Waals surface area (Å²) in [4.78, 5) is 0. The smallest absolute Gasteiger partial charge is 0.242 e. The van der Waals surface area contributed by atoms with Gasteiger partial charge in [0.1, 0.15) is 11.5 Å². The lowest BCUT2D eigenvalue weighted by atomic mass is 9.63. The van der Waals surface area contributed by atoms with Gasteiger partial charge in [0.25, 0.3) is 0 Å². The Morgan fingerprint density at radius 2 is 1.68 bits per heavy atom. The molecule has 3 atom stereocenters. The summed E-state index contributed by atoms with van der Waals surface area (Å²) in [6, 6.07) is 10.2. The lowest BCUT2D eigenvalue weighted by Gasteiger charge is -2.53. The van der Waals surface area contributed by atoms with Crippen molar-refractivity contribution in [2.24, 2.45) is 5.92 Å². The monoisotopic (exact) mass is 460 g/mol. The first-order valence-electron chi connectivity index (χ1n) is 12.4. The average molecular weight is 461 g/mol. The lowest BCUT2D eigenvalue weighted by Crippen LogP contribution is -2.62. The summed E-state index contributed by atoms with van der Waals surface area (Å²) in [5, 5.41) is 37.5. The predicted octanol–water partition coefficient (Wildman–Crippen LogP) is 6.25. The first-order valence-corrected chi connectivity index (χ1v) is 12.4. The van der Waals surface area contributed by atoms with Gasteiger partial charge in [0.05, 0.1) is 0 Å². The van der Waals surface area contributed by atoms with Crippen LogP contribution in [0.4, 0.5) is 0 Å². The van der Waals surface area contributed by atoms with Gasteiger partial charge in [-0.05, 0) is 77.8 Å². The molecule has 0 bridgehead atoms. The third-order valence-electron chi connectivity index (χ3n) is 8.20. The minimum absolute atomic E-state index is 0.0186. The molecule has 0 spiro atoms. The third-order valence-corrected chi connectivity index (χ3v) is 8.20. The Kier molecular flexibility index (Phi) is 5.09. The van der Waals surface area contributed by atoms with Gasteiger partial charge in [-0.15, -0.1) is 0 Å². The second-order valence-corrected chi connectivity index (χ2v) is 11.3. The quantitative estimate of drug-likeness (QED) is 0.423. The van der Waals surface area contributed by atoms with Crippen LogP contribution < -0.4 is 4.74 Å². The Labute approximate surface area is 202 Å². The van der Waals surface area contributed by atoms with Crippen LogP contribution in [0.25, 0.3) is 10.8 Å². The van der Waals surface area contributed by atoms with Crippen LogP contribution in [0.15, 0.2) is 30.3 Å². The summed E-state index contributed by atoms with van der Waals surface area (Å²) in [6.07, 6.45) is 0.440. The highest BCUT2D eigenvalue weighted by molar-refractivity contribution is 5.96. The predicted molar refractivity (Wildman–Crippen MR) is 136 cm³/mol. The van der Waals surface area contributed by atoms with Crippen LogP contribution in [0.2, 0.25) is 0 Å². The van der Waals surface area contributed by atoms with E-state index in [0.717, 1.165) is 38.6 Å². The fourth-order valence-electron chi connectivity index (χ4n) is 6.35. The summed E-state index contributed by atoms with van der Waals surface area (Å²) in [5.41, 5.74) is 4.73. The van der Waals surface area contributed by atoms with Gasteiger partial charge in [0, 0.05) is 29.4 Å². The molecule has 0 amide bonds. The van der Waals surface area contributed by atoms with Crippen LogP contribution in [0.3, 0.4) is 0 Å². The van der Waals surface area contributed by atoms with E-state index in [1.54, 1.807) is 6.07 Å². The Morgan fingerprint density at radius 1 is 0.971 bits per heavy atom. The number of hydrogen-bond donors (Lipinski definition) is 3. The van der Waals surface area contributed by atoms with Crippen LogP contribution >= 0.6 is 0 Å². The molecular formula is C30H36O4. The summed E-state index contributed by atoms with van der Waals surface area (Å²) < 4.78 is 6.55. The molecule has 0 fully saturated rings. The Bertz CT molecular complexity index is 1320. The van der Waals surface area contributed by atoms with Crippen LogP contribution in [-0.4, -0.2) is 21.1 Å². The van der Waals surface area contributed by atoms with E-state index in [0.29, 0.717) is 17.2 Å². The minimum Gasteiger partial charge on any atom is -0.508 e. The first kappa shape index (κ1) is 23.2. The van der Waals surface area contributed by atoms with Crippen LogP contribution in [0, 0.1) is 26.7 Å². The van der Waals surface area contributed by atoms with Gasteiger partial charge in [-0.1, -0.05) is 52.0 Å². The van der Waals surface area contributed by atoms with Crippen molar-refractivity contribution in [1.29, 1.82) is 0 Å². The average Bonchev–Trinajstić information content (AvgIpc) is 2.72. The largest absolute Gasteiger partial charge is 0.508 e. The van der Waals surface area contributed by atoms with Gasteiger partial charge < -0.3 is 20.1 Å². The van der Waals surface area contributed by atoms with E-state index >= 15 is 0 Å². The summed E-state index contributed by atoms with van der Waals surface area (Å²) in [7, 11) is 0. The van der Waals surface area contributed by atoms with Crippen molar-refractivity contribution >= 4 is 10.8 Å². The van der Waals surface area contributed by atoms with Crippen molar-refractivity contribution in [2.75, 3.05) is 0 Å². The molecule has 4 nitrogen and oxygen atoms in total. The van der Waals surface area contributed by atoms with E-state index in [2.05, 4.69) is 52.8 Å². The molecule has 34 heavy (non-hydrogen) atoms. The normalized spacial score (nSPS) is 25.8. The van der Waals surface area contributed by atoms with Crippen molar-refractivity contribution in [2.45, 2.75) is 84.5 Å². The highest BCUT2D eigenvalue weighted by atomic mass is 16.6. The zero-order valence-electron chi connectivity index (χ0n) is 21.3. The molecule has 3 aromatic carbocycles. The molecule has 0 unspecified atom stereocenters. The SMILES string of the molecule is Cc1cc(O)c2c(c1)[C@H](C(C)C)C[C@]1(O)Oc3c(c(C)cc4c(C(C)C)ccc(C)c34)C[C@]21O. The van der Waals surface area contributed by atoms with E-state index in [1.165, 1.54) is 5.56 Å². The maximum absolute atomic E-state index is 12.2. The maximum Gasteiger partial charge on any atom is 0.242 e. The van der Waals surface area contributed by atoms with E-state index in [9.17, 15) is 15.3 Å². The second kappa shape index (κ2) is 7.47. The molecule has 0 saturated carbocycles. The first-order chi connectivity index (χ1) is 15.9. The molecule has 0 saturated heterocycles. The molecule has 5 rings (SSSR count). The number of hydrogen-bond acceptors (Lipinski definition) is 4. The number of aryl methyl sites for hydroxylation is 3. The van der Waals surface area contributed by atoms with E-state index in [4.69, 9.17) is 4.74 Å². The number of fused-ring (bicyclic) bond motifs is 6. The molecule has 0 radical (unpaired) electrons. The fourth-order valence-corrected chi connectivity index (χ4v) is 6.35. The number of rotatable bonds is 2. The molecular weight excluding hydrogens is 424 g/mol. The summed E-state index contributed by atoms with van der Waals surface area (Å²) >= 11 is 0. The Balaban J connectivity index is 1.82. The van der Waals surface area contributed by atoms with Crippen molar-refractivity contribution in [3.05, 3.63) is 69.3 Å². The van der Waals surface area contributed by atoms with E-state index in [1.807, 2.05) is 19.9 Å². The molecule has 3 N–H and O–H groups in total. The van der Waals surface area contributed by atoms with Crippen LogP contribution in [-0.2, 0) is 12.0 Å². The lowest BCUT2D eigenvalue weighted by molar-refractivity contribution is -0.284. The maximum atomic E-state index is 12.2. The molecule has 4 heteroatoms. The van der Waals surface area contributed by atoms with Crippen molar-refractivity contribution in [1.82, 2.24) is 0 Å². The second-order valence-electron chi connectivity index (χ2n) is 11.3. The number of aliphatic hydroxyl groups is 2. The number of ether oxygens (including phenoxy) is 1.